The van der Waals surface area contributed by atoms with Gasteiger partial charge < -0.3 is 4.90 Å². The molecule has 0 N–H and O–H groups in total. The lowest BCUT2D eigenvalue weighted by atomic mass is 10.1. The highest BCUT2D eigenvalue weighted by atomic mass is 35.5. The van der Waals surface area contributed by atoms with Gasteiger partial charge in [0.15, 0.2) is 0 Å². The third-order valence-corrected chi connectivity index (χ3v) is 3.79. The molecule has 104 valence electrons. The van der Waals surface area contributed by atoms with Crippen LogP contribution in [0, 0.1) is 6.92 Å². The number of benzene rings is 2. The van der Waals surface area contributed by atoms with Crippen LogP contribution in [-0.4, -0.2) is 17.9 Å². The first-order valence-electron chi connectivity index (χ1n) is 6.58. The lowest BCUT2D eigenvalue weighted by Crippen LogP contribution is -2.29. The van der Waals surface area contributed by atoms with Crippen molar-refractivity contribution >= 4 is 17.5 Å². The number of rotatable bonds is 4. The monoisotopic (exact) mass is 287 g/mol. The Balaban J connectivity index is 2.08. The number of carbonyl (C=O) groups is 1. The van der Waals surface area contributed by atoms with E-state index in [0.29, 0.717) is 6.54 Å². The average Bonchev–Trinajstić information content (AvgIpc) is 2.49. The van der Waals surface area contributed by atoms with Gasteiger partial charge in [0.2, 0.25) is 5.91 Å². The molecule has 2 nitrogen and oxygen atoms in total. The summed E-state index contributed by atoms with van der Waals surface area (Å²) in [6, 6.07) is 17.5. The van der Waals surface area contributed by atoms with Crippen molar-refractivity contribution in [3.05, 3.63) is 71.3 Å². The minimum absolute atomic E-state index is 0.0823. The zero-order valence-electron chi connectivity index (χ0n) is 11.7. The van der Waals surface area contributed by atoms with Crippen molar-refractivity contribution in [3.8, 4) is 0 Å². The van der Waals surface area contributed by atoms with Crippen molar-refractivity contribution in [2.24, 2.45) is 0 Å². The van der Waals surface area contributed by atoms with Gasteiger partial charge in [-0.3, -0.25) is 4.79 Å². The van der Waals surface area contributed by atoms with E-state index in [1.54, 1.807) is 11.9 Å². The van der Waals surface area contributed by atoms with Crippen molar-refractivity contribution in [3.63, 3.8) is 0 Å². The van der Waals surface area contributed by atoms with Gasteiger partial charge in [-0.1, -0.05) is 54.6 Å². The molecule has 0 aliphatic heterocycles. The molecule has 0 heterocycles. The van der Waals surface area contributed by atoms with Crippen molar-refractivity contribution in [2.75, 3.05) is 7.05 Å². The zero-order chi connectivity index (χ0) is 14.5. The van der Waals surface area contributed by atoms with Crippen LogP contribution in [0.5, 0.6) is 0 Å². The zero-order valence-corrected chi connectivity index (χ0v) is 12.5. The number of nitrogens with zero attached hydrogens (tertiary/aromatic N) is 1. The number of hydrogen-bond donors (Lipinski definition) is 0. The van der Waals surface area contributed by atoms with Crippen molar-refractivity contribution < 1.29 is 4.79 Å². The normalized spacial score (nSPS) is 11.9. The molecule has 20 heavy (non-hydrogen) atoms. The predicted octanol–water partition coefficient (Wildman–Crippen LogP) is 3.93. The summed E-state index contributed by atoms with van der Waals surface area (Å²) in [6.07, 6.45) is 0. The maximum atomic E-state index is 12.4. The first kappa shape index (κ1) is 14.6. The van der Waals surface area contributed by atoms with Crippen LogP contribution in [0.2, 0.25) is 0 Å². The number of amides is 1. The molecule has 0 aliphatic carbocycles. The molecule has 2 rings (SSSR count). The molecule has 2 aromatic rings. The highest BCUT2D eigenvalue weighted by Crippen LogP contribution is 2.23. The van der Waals surface area contributed by atoms with Crippen LogP contribution in [-0.2, 0) is 11.3 Å². The Morgan fingerprint density at radius 1 is 1.10 bits per heavy atom. The highest BCUT2D eigenvalue weighted by Gasteiger charge is 2.21. The summed E-state index contributed by atoms with van der Waals surface area (Å²) in [7, 11) is 1.78. The third kappa shape index (κ3) is 3.40. The highest BCUT2D eigenvalue weighted by molar-refractivity contribution is 6.30. The van der Waals surface area contributed by atoms with E-state index in [1.807, 2.05) is 61.5 Å². The second kappa shape index (κ2) is 6.58. The fraction of sp³-hybridized carbons (Fsp3) is 0.235. The molecule has 1 amide bonds. The quantitative estimate of drug-likeness (QED) is 0.780. The van der Waals surface area contributed by atoms with Gasteiger partial charge in [0.05, 0.1) is 0 Å². The summed E-state index contributed by atoms with van der Waals surface area (Å²) >= 11 is 6.27. The van der Waals surface area contributed by atoms with Crippen LogP contribution in [0.15, 0.2) is 54.6 Å². The van der Waals surface area contributed by atoms with E-state index >= 15 is 0 Å². The van der Waals surface area contributed by atoms with Gasteiger partial charge in [-0.2, -0.15) is 0 Å². The summed E-state index contributed by atoms with van der Waals surface area (Å²) in [6.45, 7) is 2.62. The second-order valence-corrected chi connectivity index (χ2v) is 5.33. The van der Waals surface area contributed by atoms with Crippen LogP contribution in [0.3, 0.4) is 0 Å². The molecule has 1 unspecified atom stereocenters. The summed E-state index contributed by atoms with van der Waals surface area (Å²) < 4.78 is 0. The summed E-state index contributed by atoms with van der Waals surface area (Å²) in [4.78, 5) is 14.0. The molecule has 0 aliphatic rings. The number of carbonyl (C=O) groups excluding carboxylic acids is 1. The average molecular weight is 288 g/mol. The smallest absolute Gasteiger partial charge is 0.245 e. The number of halogens is 1. The van der Waals surface area contributed by atoms with E-state index in [9.17, 15) is 4.79 Å². The van der Waals surface area contributed by atoms with Crippen LogP contribution >= 0.6 is 11.6 Å². The molecule has 2 aromatic carbocycles. The Morgan fingerprint density at radius 3 is 2.35 bits per heavy atom. The van der Waals surface area contributed by atoms with Gasteiger partial charge >= 0.3 is 0 Å². The van der Waals surface area contributed by atoms with Gasteiger partial charge in [-0.15, -0.1) is 11.6 Å². The third-order valence-electron chi connectivity index (χ3n) is 3.35. The molecule has 0 radical (unpaired) electrons. The van der Waals surface area contributed by atoms with Crippen molar-refractivity contribution in [1.29, 1.82) is 0 Å². The van der Waals surface area contributed by atoms with Crippen molar-refractivity contribution in [2.45, 2.75) is 18.8 Å². The molecule has 0 bridgehead atoms. The lowest BCUT2D eigenvalue weighted by molar-refractivity contribution is -0.130. The minimum atomic E-state index is -0.634. The number of alkyl halides is 1. The van der Waals surface area contributed by atoms with Crippen LogP contribution in [0.1, 0.15) is 22.1 Å². The Kier molecular flexibility index (Phi) is 4.80. The molecule has 0 saturated heterocycles. The van der Waals surface area contributed by atoms with Gasteiger partial charge in [-0.25, -0.2) is 0 Å². The van der Waals surface area contributed by atoms with Crippen LogP contribution in [0.4, 0.5) is 0 Å². The Labute approximate surface area is 125 Å². The topological polar surface area (TPSA) is 20.3 Å². The molecule has 0 aromatic heterocycles. The number of likely N-dealkylation sites (N-methyl/N-ethyl adjacent to an activating group) is 1. The Hall–Kier alpha value is -1.80. The van der Waals surface area contributed by atoms with E-state index in [-0.39, 0.29) is 5.91 Å². The first-order chi connectivity index (χ1) is 9.59. The summed E-state index contributed by atoms with van der Waals surface area (Å²) in [5.41, 5.74) is 3.15. The molecule has 0 spiro atoms. The molecule has 3 heteroatoms. The Morgan fingerprint density at radius 2 is 1.70 bits per heavy atom. The standard InChI is InChI=1S/C17H18ClNO/c1-13-8-6-7-11-15(13)12-19(2)17(20)16(18)14-9-4-3-5-10-14/h3-11,16H,12H2,1-2H3. The minimum Gasteiger partial charge on any atom is -0.340 e. The number of aryl methyl sites for hydroxylation is 1. The van der Waals surface area contributed by atoms with Gasteiger partial charge in [-0.05, 0) is 23.6 Å². The SMILES string of the molecule is Cc1ccccc1CN(C)C(=O)C(Cl)c1ccccc1. The molecule has 0 fully saturated rings. The van der Waals surface area contributed by atoms with E-state index in [1.165, 1.54) is 5.56 Å². The van der Waals surface area contributed by atoms with Gasteiger partial charge in [0.25, 0.3) is 0 Å². The maximum Gasteiger partial charge on any atom is 0.245 e. The fourth-order valence-electron chi connectivity index (χ4n) is 2.08. The predicted molar refractivity (Wildman–Crippen MR) is 82.7 cm³/mol. The summed E-state index contributed by atoms with van der Waals surface area (Å²) in [5, 5.41) is -0.634. The van der Waals surface area contributed by atoms with E-state index in [0.717, 1.165) is 11.1 Å². The number of hydrogen-bond acceptors (Lipinski definition) is 1. The lowest BCUT2D eigenvalue weighted by Gasteiger charge is -2.21. The van der Waals surface area contributed by atoms with Crippen molar-refractivity contribution in [1.82, 2.24) is 4.90 Å². The molecule has 0 saturated carbocycles. The van der Waals surface area contributed by atoms with E-state index < -0.39 is 5.38 Å². The second-order valence-electron chi connectivity index (χ2n) is 4.89. The largest absolute Gasteiger partial charge is 0.340 e. The van der Waals surface area contributed by atoms with E-state index in [2.05, 4.69) is 0 Å². The molecular formula is C17H18ClNO. The molecular weight excluding hydrogens is 270 g/mol. The van der Waals surface area contributed by atoms with Crippen LogP contribution in [0.25, 0.3) is 0 Å². The maximum absolute atomic E-state index is 12.4. The fourth-order valence-corrected chi connectivity index (χ4v) is 2.39. The van der Waals surface area contributed by atoms with Gasteiger partial charge in [0.1, 0.15) is 5.38 Å². The molecule has 1 atom stereocenters. The Bertz CT molecular complexity index is 583. The summed E-state index contributed by atoms with van der Waals surface area (Å²) in [5.74, 6) is -0.0823. The van der Waals surface area contributed by atoms with Gasteiger partial charge in [0, 0.05) is 13.6 Å². The first-order valence-corrected chi connectivity index (χ1v) is 7.01. The van der Waals surface area contributed by atoms with E-state index in [4.69, 9.17) is 11.6 Å². The van der Waals surface area contributed by atoms with Crippen LogP contribution < -0.4 is 0 Å².